The van der Waals surface area contributed by atoms with Gasteiger partial charge in [0.15, 0.2) is 0 Å². The largest absolute Gasteiger partial charge is 0.394 e. The first kappa shape index (κ1) is 20.9. The smallest absolute Gasteiger partial charge is 0.125 e. The topological polar surface area (TPSA) is 160 Å². The van der Waals surface area contributed by atoms with Gasteiger partial charge in [-0.15, -0.1) is 0 Å². The minimum atomic E-state index is -1.96. The van der Waals surface area contributed by atoms with Gasteiger partial charge in [-0.25, -0.2) is 0 Å². The first-order valence-electron chi connectivity index (χ1n) is 9.84. The highest BCUT2D eigenvalue weighted by Crippen LogP contribution is 2.47. The molecule has 4 unspecified atom stereocenters. The zero-order chi connectivity index (χ0) is 19.9. The van der Waals surface area contributed by atoms with Gasteiger partial charge in [0.05, 0.1) is 58.0 Å². The number of aliphatic hydroxyl groups excluding tert-OH is 4. The van der Waals surface area contributed by atoms with Crippen LogP contribution in [0.5, 0.6) is 0 Å². The minimum absolute atomic E-state index is 0.00827. The van der Waals surface area contributed by atoms with Gasteiger partial charge < -0.3 is 49.2 Å². The van der Waals surface area contributed by atoms with Gasteiger partial charge in [0.1, 0.15) is 35.6 Å². The minimum Gasteiger partial charge on any atom is -0.394 e. The van der Waals surface area contributed by atoms with E-state index in [1.807, 2.05) is 0 Å². The Morgan fingerprint density at radius 2 is 1.29 bits per heavy atom. The zero-order valence-corrected chi connectivity index (χ0v) is 15.7. The molecule has 0 spiro atoms. The molecule has 162 valence electrons. The molecule has 0 aliphatic carbocycles. The summed E-state index contributed by atoms with van der Waals surface area (Å²) in [6.45, 7) is 1.49. The summed E-state index contributed by atoms with van der Waals surface area (Å²) in [6, 6.07) is 0. The van der Waals surface area contributed by atoms with Crippen molar-refractivity contribution in [3.8, 4) is 0 Å². The fourth-order valence-corrected chi connectivity index (χ4v) is 3.91. The molecule has 4 saturated heterocycles. The molecule has 4 rings (SSSR count). The van der Waals surface area contributed by atoms with Gasteiger partial charge in [-0.1, -0.05) is 0 Å². The van der Waals surface area contributed by atoms with Crippen LogP contribution in [-0.2, 0) is 23.7 Å². The van der Waals surface area contributed by atoms with E-state index in [0.29, 0.717) is 39.3 Å². The van der Waals surface area contributed by atoms with Gasteiger partial charge in [-0.2, -0.15) is 0 Å². The van der Waals surface area contributed by atoms with E-state index in [2.05, 4.69) is 0 Å². The number of ether oxygens (including phenoxy) is 5. The molecule has 4 fully saturated rings. The fraction of sp³-hybridized carbons (Fsp3) is 1.00. The summed E-state index contributed by atoms with van der Waals surface area (Å²) in [5, 5.41) is 52.3. The Morgan fingerprint density at radius 1 is 0.821 bits per heavy atom. The Hall–Kier alpha value is -0.400. The molecule has 0 amide bonds. The average molecular weight is 406 g/mol. The van der Waals surface area contributed by atoms with Crippen molar-refractivity contribution in [3.63, 3.8) is 0 Å². The molecule has 10 nitrogen and oxygen atoms in total. The van der Waals surface area contributed by atoms with Gasteiger partial charge >= 0.3 is 0 Å². The molecule has 5 N–H and O–H groups in total. The lowest BCUT2D eigenvalue weighted by atomic mass is 9.68. The quantitative estimate of drug-likeness (QED) is 0.192. The van der Waals surface area contributed by atoms with Crippen molar-refractivity contribution in [2.75, 3.05) is 39.6 Å². The number of hydrogen-bond donors (Lipinski definition) is 5. The van der Waals surface area contributed by atoms with Crippen LogP contribution in [0.4, 0.5) is 0 Å². The van der Waals surface area contributed by atoms with Gasteiger partial charge in [-0.05, 0) is 0 Å². The predicted octanol–water partition coefficient (Wildman–Crippen LogP) is -2.69. The number of rotatable bonds is 14. The zero-order valence-electron chi connectivity index (χ0n) is 15.7. The van der Waals surface area contributed by atoms with Crippen molar-refractivity contribution in [2.45, 2.75) is 73.2 Å². The molecule has 4 aliphatic rings. The third-order valence-electron chi connectivity index (χ3n) is 5.99. The maximum atomic E-state index is 11.8. The highest BCUT2D eigenvalue weighted by Gasteiger charge is 2.63. The molecule has 4 heterocycles. The molecule has 0 saturated carbocycles. The Balaban J connectivity index is 1.65. The second-order valence-electron chi connectivity index (χ2n) is 8.35. The van der Waals surface area contributed by atoms with Crippen LogP contribution in [0.2, 0.25) is 0 Å². The summed E-state index contributed by atoms with van der Waals surface area (Å²) < 4.78 is 27.5. The first-order chi connectivity index (χ1) is 13.4. The molecule has 0 aromatic rings. The summed E-state index contributed by atoms with van der Waals surface area (Å²) in [7, 11) is 0. The molecule has 0 bridgehead atoms. The standard InChI is InChI=1S/C18H30O10/c19-4-14(20)15(21)16(22)18(23,3-12-7-26-12)17(1-10-5-24-10,2-11-6-25-11)28-9-13-8-27-13/h10-16,19-23H,1-9H2/t10?,11?,12?,13?,14-,15-,16+,17?,18-/m1/s1. The Morgan fingerprint density at radius 3 is 1.71 bits per heavy atom. The summed E-state index contributed by atoms with van der Waals surface area (Å²) in [5.74, 6) is 0. The van der Waals surface area contributed by atoms with E-state index in [0.717, 1.165) is 0 Å². The molecule has 10 heteroatoms. The van der Waals surface area contributed by atoms with E-state index >= 15 is 0 Å². The van der Waals surface area contributed by atoms with Crippen LogP contribution >= 0.6 is 0 Å². The third-order valence-corrected chi connectivity index (χ3v) is 5.99. The maximum absolute atomic E-state index is 11.8. The molecule has 28 heavy (non-hydrogen) atoms. The maximum Gasteiger partial charge on any atom is 0.125 e. The van der Waals surface area contributed by atoms with Crippen LogP contribution in [0, 0.1) is 0 Å². The van der Waals surface area contributed by atoms with Crippen molar-refractivity contribution >= 4 is 0 Å². The van der Waals surface area contributed by atoms with E-state index < -0.39 is 36.1 Å². The normalized spacial score (nSPS) is 38.0. The highest BCUT2D eigenvalue weighted by molar-refractivity contribution is 5.13. The van der Waals surface area contributed by atoms with E-state index in [4.69, 9.17) is 23.7 Å². The third kappa shape index (κ3) is 4.67. The SMILES string of the molecule is OC[C@@H](O)[C@@H](O)[C@H](O)[C@](O)(CC1CO1)C(CC1CO1)(CC1CO1)OCC1CO1. The molecule has 0 aromatic carbocycles. The van der Waals surface area contributed by atoms with E-state index in [-0.39, 0.29) is 37.4 Å². The Labute approximate surface area is 162 Å². The second-order valence-corrected chi connectivity index (χ2v) is 8.35. The molecule has 4 aliphatic heterocycles. The van der Waals surface area contributed by atoms with Gasteiger partial charge in [0.25, 0.3) is 0 Å². The summed E-state index contributed by atoms with van der Waals surface area (Å²) in [4.78, 5) is 0. The Kier molecular flexibility index (Phi) is 5.98. The van der Waals surface area contributed by atoms with Crippen molar-refractivity contribution in [1.82, 2.24) is 0 Å². The molecule has 0 radical (unpaired) electrons. The lowest BCUT2D eigenvalue weighted by Crippen LogP contribution is -2.68. The lowest BCUT2D eigenvalue weighted by molar-refractivity contribution is -0.262. The Bertz CT molecular complexity index is 516. The molecule has 8 atom stereocenters. The van der Waals surface area contributed by atoms with Gasteiger partial charge in [0.2, 0.25) is 0 Å². The van der Waals surface area contributed by atoms with Gasteiger partial charge in [0, 0.05) is 19.3 Å². The van der Waals surface area contributed by atoms with Crippen molar-refractivity contribution in [1.29, 1.82) is 0 Å². The van der Waals surface area contributed by atoms with Crippen molar-refractivity contribution in [3.05, 3.63) is 0 Å². The molecular formula is C18H30O10. The fourth-order valence-electron chi connectivity index (χ4n) is 3.91. The average Bonchev–Trinajstić information content (AvgIpc) is 3.51. The van der Waals surface area contributed by atoms with Gasteiger partial charge in [-0.3, -0.25) is 0 Å². The van der Waals surface area contributed by atoms with Crippen LogP contribution in [-0.4, -0.2) is 119 Å². The van der Waals surface area contributed by atoms with E-state index in [1.54, 1.807) is 0 Å². The molecule has 0 aromatic heterocycles. The van der Waals surface area contributed by atoms with E-state index in [1.165, 1.54) is 0 Å². The van der Waals surface area contributed by atoms with Crippen molar-refractivity contribution < 1.29 is 49.2 Å². The predicted molar refractivity (Wildman–Crippen MR) is 91.6 cm³/mol. The van der Waals surface area contributed by atoms with Crippen LogP contribution in [0.3, 0.4) is 0 Å². The second kappa shape index (κ2) is 8.03. The van der Waals surface area contributed by atoms with Crippen LogP contribution < -0.4 is 0 Å². The number of epoxide rings is 4. The van der Waals surface area contributed by atoms with Crippen molar-refractivity contribution in [2.24, 2.45) is 0 Å². The number of hydrogen-bond acceptors (Lipinski definition) is 10. The summed E-state index contributed by atoms with van der Waals surface area (Å²) in [5.41, 5.74) is -3.26. The monoisotopic (exact) mass is 406 g/mol. The van der Waals surface area contributed by atoms with Crippen LogP contribution in [0.25, 0.3) is 0 Å². The van der Waals surface area contributed by atoms with Crippen LogP contribution in [0.1, 0.15) is 19.3 Å². The number of aliphatic hydroxyl groups is 5. The molecular weight excluding hydrogens is 376 g/mol. The van der Waals surface area contributed by atoms with E-state index in [9.17, 15) is 25.5 Å². The summed E-state index contributed by atoms with van der Waals surface area (Å²) in [6.07, 6.45) is -5.22. The van der Waals surface area contributed by atoms with Crippen LogP contribution in [0.15, 0.2) is 0 Å². The first-order valence-corrected chi connectivity index (χ1v) is 9.84. The lowest BCUT2D eigenvalue weighted by Gasteiger charge is -2.50. The highest BCUT2D eigenvalue weighted by atomic mass is 16.6. The summed E-state index contributed by atoms with van der Waals surface area (Å²) >= 11 is 0.